The van der Waals surface area contributed by atoms with Crippen LogP contribution in [-0.2, 0) is 0 Å². The summed E-state index contributed by atoms with van der Waals surface area (Å²) in [7, 11) is 0. The summed E-state index contributed by atoms with van der Waals surface area (Å²) >= 11 is 7.79. The third-order valence-electron chi connectivity index (χ3n) is 3.30. The second kappa shape index (κ2) is 5.80. The number of thioether (sulfide) groups is 1. The molecule has 90 valence electrons. The van der Waals surface area contributed by atoms with Crippen molar-refractivity contribution in [3.63, 3.8) is 0 Å². The van der Waals surface area contributed by atoms with Gasteiger partial charge in [-0.3, -0.25) is 0 Å². The van der Waals surface area contributed by atoms with E-state index in [2.05, 4.69) is 19.1 Å². The smallest absolute Gasteiger partial charge is 0.0667 e. The Bertz CT molecular complexity index is 426. The Labute approximate surface area is 112 Å². The highest BCUT2D eigenvalue weighted by Crippen LogP contribution is 2.39. The topological polar surface area (TPSA) is 23.8 Å². The van der Waals surface area contributed by atoms with Gasteiger partial charge in [-0.05, 0) is 43.4 Å². The van der Waals surface area contributed by atoms with Gasteiger partial charge in [0.1, 0.15) is 0 Å². The molecule has 1 fully saturated rings. The number of benzene rings is 1. The van der Waals surface area contributed by atoms with Crippen LogP contribution in [0, 0.1) is 23.2 Å². The fraction of sp³-hybridized carbons (Fsp3) is 0.500. The molecule has 0 aromatic heterocycles. The second-order valence-electron chi connectivity index (χ2n) is 4.77. The van der Waals surface area contributed by atoms with E-state index >= 15 is 0 Å². The highest BCUT2D eigenvalue weighted by Gasteiger charge is 2.29. The van der Waals surface area contributed by atoms with E-state index in [4.69, 9.17) is 11.6 Å². The summed E-state index contributed by atoms with van der Waals surface area (Å²) in [5.41, 5.74) is 0. The van der Waals surface area contributed by atoms with E-state index in [0.29, 0.717) is 5.25 Å². The average molecular weight is 266 g/mol. The maximum atomic E-state index is 9.19. The molecule has 1 nitrogen and oxygen atoms in total. The molecule has 17 heavy (non-hydrogen) atoms. The number of halogens is 1. The van der Waals surface area contributed by atoms with Crippen LogP contribution in [0.5, 0.6) is 0 Å². The van der Waals surface area contributed by atoms with Gasteiger partial charge in [-0.1, -0.05) is 24.6 Å². The lowest BCUT2D eigenvalue weighted by Crippen LogP contribution is -2.24. The fourth-order valence-electron chi connectivity index (χ4n) is 2.32. The van der Waals surface area contributed by atoms with Gasteiger partial charge in [0.05, 0.1) is 12.0 Å². The number of nitriles is 1. The molecule has 1 aliphatic rings. The van der Waals surface area contributed by atoms with Gasteiger partial charge < -0.3 is 0 Å². The van der Waals surface area contributed by atoms with Crippen molar-refractivity contribution in [3.05, 3.63) is 29.3 Å². The molecule has 0 amide bonds. The van der Waals surface area contributed by atoms with E-state index in [1.807, 2.05) is 30.0 Å². The summed E-state index contributed by atoms with van der Waals surface area (Å²) in [6, 6.07) is 10.4. The third-order valence-corrected chi connectivity index (χ3v) is 4.89. The van der Waals surface area contributed by atoms with Crippen LogP contribution in [0.1, 0.15) is 26.2 Å². The van der Waals surface area contributed by atoms with Crippen LogP contribution < -0.4 is 0 Å². The zero-order chi connectivity index (χ0) is 12.3. The molecule has 1 saturated carbocycles. The Balaban J connectivity index is 2.08. The second-order valence-corrected chi connectivity index (χ2v) is 6.52. The van der Waals surface area contributed by atoms with Gasteiger partial charge in [0.25, 0.3) is 0 Å². The Morgan fingerprint density at radius 3 is 2.94 bits per heavy atom. The van der Waals surface area contributed by atoms with Crippen molar-refractivity contribution in [1.82, 2.24) is 0 Å². The van der Waals surface area contributed by atoms with Crippen LogP contribution in [0.25, 0.3) is 0 Å². The lowest BCUT2D eigenvalue weighted by molar-refractivity contribution is 0.346. The Hall–Kier alpha value is -0.650. The van der Waals surface area contributed by atoms with Gasteiger partial charge in [-0.2, -0.15) is 5.26 Å². The largest absolute Gasteiger partial charge is 0.198 e. The van der Waals surface area contributed by atoms with Gasteiger partial charge in [-0.15, -0.1) is 11.8 Å². The first-order chi connectivity index (χ1) is 8.19. The Morgan fingerprint density at radius 1 is 1.41 bits per heavy atom. The van der Waals surface area contributed by atoms with E-state index in [0.717, 1.165) is 23.8 Å². The van der Waals surface area contributed by atoms with Gasteiger partial charge in [0.2, 0.25) is 0 Å². The molecule has 1 aliphatic carbocycles. The van der Waals surface area contributed by atoms with Crippen LogP contribution in [-0.4, -0.2) is 5.25 Å². The van der Waals surface area contributed by atoms with Crippen LogP contribution in [0.3, 0.4) is 0 Å². The summed E-state index contributed by atoms with van der Waals surface area (Å²) in [4.78, 5) is 1.18. The summed E-state index contributed by atoms with van der Waals surface area (Å²) < 4.78 is 0. The minimum atomic E-state index is 0.190. The summed E-state index contributed by atoms with van der Waals surface area (Å²) in [5, 5.41) is 10.4. The monoisotopic (exact) mass is 265 g/mol. The maximum Gasteiger partial charge on any atom is 0.0667 e. The molecule has 0 spiro atoms. The van der Waals surface area contributed by atoms with E-state index in [-0.39, 0.29) is 5.92 Å². The fourth-order valence-corrected chi connectivity index (χ4v) is 4.06. The van der Waals surface area contributed by atoms with Crippen molar-refractivity contribution in [2.45, 2.75) is 36.3 Å². The molecule has 0 N–H and O–H groups in total. The van der Waals surface area contributed by atoms with Crippen molar-refractivity contribution in [3.8, 4) is 6.07 Å². The lowest BCUT2D eigenvalue weighted by Gasteiger charge is -2.30. The van der Waals surface area contributed by atoms with E-state index < -0.39 is 0 Å². The summed E-state index contributed by atoms with van der Waals surface area (Å²) in [5.74, 6) is 0.923. The highest BCUT2D eigenvalue weighted by atomic mass is 35.5. The number of hydrogen-bond donors (Lipinski definition) is 0. The van der Waals surface area contributed by atoms with E-state index in [1.165, 1.54) is 11.3 Å². The molecule has 0 bridgehead atoms. The minimum Gasteiger partial charge on any atom is -0.198 e. The van der Waals surface area contributed by atoms with Gasteiger partial charge in [-0.25, -0.2) is 0 Å². The molecule has 3 atom stereocenters. The first-order valence-corrected chi connectivity index (χ1v) is 7.26. The molecule has 3 unspecified atom stereocenters. The minimum absolute atomic E-state index is 0.190. The lowest BCUT2D eigenvalue weighted by atomic mass is 9.83. The number of rotatable bonds is 2. The molecule has 2 rings (SSSR count). The van der Waals surface area contributed by atoms with Crippen molar-refractivity contribution in [2.24, 2.45) is 11.8 Å². The van der Waals surface area contributed by atoms with Gasteiger partial charge >= 0.3 is 0 Å². The molecular weight excluding hydrogens is 250 g/mol. The molecular formula is C14H16ClNS. The van der Waals surface area contributed by atoms with E-state index in [1.54, 1.807) is 0 Å². The normalized spacial score (nSPS) is 28.6. The zero-order valence-electron chi connectivity index (χ0n) is 9.90. The summed E-state index contributed by atoms with van der Waals surface area (Å²) in [6.45, 7) is 2.28. The summed E-state index contributed by atoms with van der Waals surface area (Å²) in [6.07, 6.45) is 3.36. The number of hydrogen-bond acceptors (Lipinski definition) is 2. The quantitative estimate of drug-likeness (QED) is 0.770. The SMILES string of the molecule is CC1CCC(C#N)C(Sc2cccc(Cl)c2)C1. The Morgan fingerprint density at radius 2 is 2.24 bits per heavy atom. The zero-order valence-corrected chi connectivity index (χ0v) is 11.5. The molecule has 1 aromatic rings. The molecule has 3 heteroatoms. The standard InChI is InChI=1S/C14H16ClNS/c1-10-5-6-11(9-16)14(7-10)17-13-4-2-3-12(15)8-13/h2-4,8,10-11,14H,5-7H2,1H3. The predicted octanol–water partition coefficient (Wildman–Crippen LogP) is 4.76. The highest BCUT2D eigenvalue weighted by molar-refractivity contribution is 8.00. The molecule has 0 radical (unpaired) electrons. The van der Waals surface area contributed by atoms with Gasteiger partial charge in [0, 0.05) is 15.2 Å². The molecule has 1 aromatic carbocycles. The predicted molar refractivity (Wildman–Crippen MR) is 73.2 cm³/mol. The van der Waals surface area contributed by atoms with Crippen LogP contribution in [0.4, 0.5) is 0 Å². The van der Waals surface area contributed by atoms with Crippen molar-refractivity contribution in [1.29, 1.82) is 5.26 Å². The van der Waals surface area contributed by atoms with Crippen LogP contribution in [0.2, 0.25) is 5.02 Å². The van der Waals surface area contributed by atoms with E-state index in [9.17, 15) is 5.26 Å². The van der Waals surface area contributed by atoms with Crippen LogP contribution >= 0.6 is 23.4 Å². The molecule has 0 saturated heterocycles. The average Bonchev–Trinajstić information content (AvgIpc) is 2.29. The maximum absolute atomic E-state index is 9.19. The molecule has 0 heterocycles. The van der Waals surface area contributed by atoms with Crippen molar-refractivity contribution in [2.75, 3.05) is 0 Å². The van der Waals surface area contributed by atoms with Crippen LogP contribution in [0.15, 0.2) is 29.2 Å². The number of nitrogens with zero attached hydrogens (tertiary/aromatic N) is 1. The third kappa shape index (κ3) is 3.40. The Kier molecular flexibility index (Phi) is 4.36. The van der Waals surface area contributed by atoms with Crippen molar-refractivity contribution < 1.29 is 0 Å². The first-order valence-electron chi connectivity index (χ1n) is 6.01. The molecule has 0 aliphatic heterocycles. The first kappa shape index (κ1) is 12.8. The van der Waals surface area contributed by atoms with Gasteiger partial charge in [0.15, 0.2) is 0 Å². The van der Waals surface area contributed by atoms with Crippen molar-refractivity contribution >= 4 is 23.4 Å².